The predicted molar refractivity (Wildman–Crippen MR) is 362 cm³/mol. The van der Waals surface area contributed by atoms with Gasteiger partial charge in [0.15, 0.2) is 0 Å². The lowest BCUT2D eigenvalue weighted by atomic mass is 9.76. The Morgan fingerprint density at radius 1 is 0.516 bits per heavy atom. The van der Waals surface area contributed by atoms with Crippen molar-refractivity contribution in [2.24, 2.45) is 0 Å². The van der Waals surface area contributed by atoms with E-state index >= 15 is 0 Å². The number of carbonyl (C=O) groups is 4. The molecule has 11 rings (SSSR count). The van der Waals surface area contributed by atoms with Crippen LogP contribution in [-0.2, 0) is 71.2 Å². The van der Waals surface area contributed by atoms with Crippen molar-refractivity contribution in [3.8, 4) is 23.0 Å². The van der Waals surface area contributed by atoms with Crippen LogP contribution in [0.2, 0.25) is 0 Å². The van der Waals surface area contributed by atoms with Crippen molar-refractivity contribution < 1.29 is 57.4 Å². The summed E-state index contributed by atoms with van der Waals surface area (Å²) in [5, 5.41) is 24.7. The van der Waals surface area contributed by atoms with Gasteiger partial charge in [0.1, 0.15) is 42.0 Å². The largest absolute Gasteiger partial charge is 0.497 e. The maximum atomic E-state index is 13.4. The lowest BCUT2D eigenvalue weighted by Crippen LogP contribution is -2.59. The molecule has 18 nitrogen and oxygen atoms in total. The smallest absolute Gasteiger partial charge is 0.311 e. The van der Waals surface area contributed by atoms with E-state index in [1.54, 1.807) is 26.2 Å². The molecule has 0 saturated carbocycles. The van der Waals surface area contributed by atoms with Gasteiger partial charge in [-0.05, 0) is 154 Å². The minimum atomic E-state index is -1.16. The Balaban J connectivity index is 0.763. The second kappa shape index (κ2) is 27.1. The number of nitro benzene ring substituents is 2. The third-order valence-electron chi connectivity index (χ3n) is 19.4. The zero-order valence-electron chi connectivity index (χ0n) is 55.1. The Kier molecular flexibility index (Phi) is 18.9. The van der Waals surface area contributed by atoms with Gasteiger partial charge >= 0.3 is 17.9 Å². The molecule has 0 aliphatic carbocycles. The normalized spacial score (nSPS) is 17.4. The standard InChI is InChI=1S/C77H80N4O14/c1-51(82)19-11-9-12-24-68(83)91-49-56-45-60(80(86)87)43-54-39-41-76(94-71(54)56)74(4,5)64-20-15-17-22-66(64)78(76)47-52-27-29-53(30-28-52)48-79-67-23-18-16-21-65(67)75(6,7)77(79)42-40-55-44-61(81(88)89)46-57(72(55)95-77)50-92-69(84)25-13-10-14-26-70(85)93-63-37-33-59(34-38-63)73(2,3)58-31-35-62(90-8)36-32-58/h15-18,20-23,27-46H,9-14,19,24-26,47-50H2,1-8H3. The number of ether oxygens (including phenoxy) is 6. The van der Waals surface area contributed by atoms with E-state index in [-0.39, 0.29) is 61.0 Å². The van der Waals surface area contributed by atoms with E-state index in [0.29, 0.717) is 97.5 Å². The summed E-state index contributed by atoms with van der Waals surface area (Å²) in [5.41, 5.74) is 5.45. The Morgan fingerprint density at radius 2 is 0.916 bits per heavy atom. The van der Waals surface area contributed by atoms with Crippen LogP contribution >= 0.6 is 0 Å². The van der Waals surface area contributed by atoms with Crippen molar-refractivity contribution in [3.05, 3.63) is 234 Å². The zero-order chi connectivity index (χ0) is 67.5. The Bertz CT molecular complexity index is 4150. The number of nitro groups is 2. The van der Waals surface area contributed by atoms with Gasteiger partial charge in [0.2, 0.25) is 11.4 Å². The lowest BCUT2D eigenvalue weighted by Gasteiger charge is -2.47. The van der Waals surface area contributed by atoms with Crippen LogP contribution in [0.25, 0.3) is 12.2 Å². The van der Waals surface area contributed by atoms with Crippen molar-refractivity contribution in [1.29, 1.82) is 0 Å². The SMILES string of the molecule is COc1ccc(C(C)(C)c2ccc(OC(=O)CCCCCC(=O)OCc3cc([N+](=O)[O-])cc4c3OC3(C=C4)N(Cc4ccc(CN5c6ccccc6C(C)(C)C56C=Cc5cc([N+](=O)[O-])cc(COC(=O)CCCCCC(C)=O)c5O6)cc4)c4ccccc4C3(C)C)cc2)cc1. The number of ketones is 1. The summed E-state index contributed by atoms with van der Waals surface area (Å²) in [6.45, 7) is 14.5. The van der Waals surface area contributed by atoms with Crippen LogP contribution in [0.5, 0.6) is 23.0 Å². The number of carbonyl (C=O) groups excluding carboxylic acids is 4. The van der Waals surface area contributed by atoms with Crippen LogP contribution in [0.15, 0.2) is 158 Å². The Morgan fingerprint density at radius 3 is 1.33 bits per heavy atom. The first-order chi connectivity index (χ1) is 45.4. The van der Waals surface area contributed by atoms with E-state index in [1.807, 2.05) is 85.0 Å². The van der Waals surface area contributed by atoms with Crippen LogP contribution < -0.4 is 28.7 Å². The van der Waals surface area contributed by atoms with Crippen molar-refractivity contribution in [2.45, 2.75) is 167 Å². The predicted octanol–water partition coefficient (Wildman–Crippen LogP) is 16.2. The first-order valence-corrected chi connectivity index (χ1v) is 32.4. The second-order valence-corrected chi connectivity index (χ2v) is 26.6. The molecule has 2 unspecified atom stereocenters. The number of nitrogens with zero attached hydrogens (tertiary/aromatic N) is 4. The third-order valence-corrected chi connectivity index (χ3v) is 19.4. The number of methoxy groups -OCH3 is 1. The van der Waals surface area contributed by atoms with Crippen LogP contribution in [0.1, 0.15) is 168 Å². The Hall–Kier alpha value is -10.1. The number of non-ortho nitro benzene ring substituents is 2. The number of unbranched alkanes of at least 4 members (excludes halogenated alkanes) is 4. The molecular formula is C77H80N4O14. The highest BCUT2D eigenvalue weighted by atomic mass is 16.6. The number of fused-ring (bicyclic) bond motifs is 4. The molecule has 4 aliphatic heterocycles. The summed E-state index contributed by atoms with van der Waals surface area (Å²) in [7, 11) is 1.64. The fraction of sp³-hybridized carbons (Fsp3) is 0.351. The number of rotatable bonds is 26. The molecule has 0 radical (unpaired) electrons. The summed E-state index contributed by atoms with van der Waals surface area (Å²) in [4.78, 5) is 78.9. The molecule has 4 aliphatic rings. The fourth-order valence-corrected chi connectivity index (χ4v) is 13.8. The van der Waals surface area contributed by atoms with E-state index in [0.717, 1.165) is 50.5 Å². The molecule has 0 N–H and O–H groups in total. The highest BCUT2D eigenvalue weighted by molar-refractivity contribution is 5.78. The topological polar surface area (TPSA) is 216 Å². The quantitative estimate of drug-likeness (QED) is 0.0162. The minimum absolute atomic E-state index is 0.0725. The first-order valence-electron chi connectivity index (χ1n) is 32.4. The average Bonchev–Trinajstić information content (AvgIpc) is 1.58. The highest BCUT2D eigenvalue weighted by Gasteiger charge is 2.61. The zero-order valence-corrected chi connectivity index (χ0v) is 55.1. The monoisotopic (exact) mass is 1280 g/mol. The van der Waals surface area contributed by atoms with Crippen LogP contribution in [0, 0.1) is 20.2 Å². The van der Waals surface area contributed by atoms with Crippen LogP contribution in [0.4, 0.5) is 22.7 Å². The van der Waals surface area contributed by atoms with Crippen molar-refractivity contribution >= 4 is 58.6 Å². The molecule has 2 atom stereocenters. The molecule has 0 bridgehead atoms. The van der Waals surface area contributed by atoms with Gasteiger partial charge in [-0.2, -0.15) is 0 Å². The maximum Gasteiger partial charge on any atom is 0.311 e. The number of anilines is 2. The van der Waals surface area contributed by atoms with E-state index in [9.17, 15) is 39.4 Å². The van der Waals surface area contributed by atoms with Crippen molar-refractivity contribution in [3.63, 3.8) is 0 Å². The van der Waals surface area contributed by atoms with Gasteiger partial charge < -0.3 is 43.0 Å². The summed E-state index contributed by atoms with van der Waals surface area (Å²) in [6, 6.07) is 45.8. The summed E-state index contributed by atoms with van der Waals surface area (Å²) >= 11 is 0. The molecular weight excluding hydrogens is 1200 g/mol. The summed E-state index contributed by atoms with van der Waals surface area (Å²) in [5.74, 6) is 0.772. The molecule has 0 aromatic heterocycles. The third kappa shape index (κ3) is 13.3. The molecule has 18 heteroatoms. The number of esters is 3. The molecule has 2 spiro atoms. The number of hydrogen-bond donors (Lipinski definition) is 0. The van der Waals surface area contributed by atoms with Crippen LogP contribution in [0.3, 0.4) is 0 Å². The van der Waals surface area contributed by atoms with E-state index < -0.39 is 44.1 Å². The molecule has 0 fully saturated rings. The first kappa shape index (κ1) is 66.4. The molecule has 492 valence electrons. The highest BCUT2D eigenvalue weighted by Crippen LogP contribution is 2.58. The molecule has 0 saturated heterocycles. The maximum absolute atomic E-state index is 13.4. The van der Waals surface area contributed by atoms with Crippen LogP contribution in [-0.4, -0.2) is 52.1 Å². The van der Waals surface area contributed by atoms with E-state index in [4.69, 9.17) is 28.4 Å². The van der Waals surface area contributed by atoms with Crippen molar-refractivity contribution in [1.82, 2.24) is 0 Å². The van der Waals surface area contributed by atoms with Crippen molar-refractivity contribution in [2.75, 3.05) is 16.9 Å². The summed E-state index contributed by atoms with van der Waals surface area (Å²) in [6.07, 6.45) is 11.9. The molecule has 4 heterocycles. The molecule has 7 aromatic carbocycles. The van der Waals surface area contributed by atoms with Gasteiger partial charge in [0.25, 0.3) is 11.4 Å². The molecule has 95 heavy (non-hydrogen) atoms. The summed E-state index contributed by atoms with van der Waals surface area (Å²) < 4.78 is 37.2. The van der Waals surface area contributed by atoms with Gasteiger partial charge in [0.05, 0.1) is 27.8 Å². The second-order valence-electron chi connectivity index (χ2n) is 26.6. The average molecular weight is 1290 g/mol. The molecule has 7 aromatic rings. The van der Waals surface area contributed by atoms with E-state index in [2.05, 4.69) is 99.9 Å². The minimum Gasteiger partial charge on any atom is -0.497 e. The Labute approximate surface area is 553 Å². The number of para-hydroxylation sites is 2. The lowest BCUT2D eigenvalue weighted by molar-refractivity contribution is -0.385. The van der Waals surface area contributed by atoms with Gasteiger partial charge in [0, 0.05) is 102 Å². The van der Waals surface area contributed by atoms with Gasteiger partial charge in [-0.3, -0.25) is 34.6 Å². The van der Waals surface area contributed by atoms with E-state index in [1.165, 1.54) is 24.3 Å². The van der Waals surface area contributed by atoms with Gasteiger partial charge in [-0.25, -0.2) is 0 Å². The molecule has 0 amide bonds. The van der Waals surface area contributed by atoms with Gasteiger partial charge in [-0.15, -0.1) is 0 Å². The number of hydrogen-bond acceptors (Lipinski definition) is 16. The fourth-order valence-electron chi connectivity index (χ4n) is 13.8. The number of Topliss-reactive ketones (excluding diaryl/α,β-unsaturated/α-hetero) is 1. The van der Waals surface area contributed by atoms with Gasteiger partial charge in [-0.1, -0.05) is 112 Å². The number of benzene rings is 7.